The van der Waals surface area contributed by atoms with Crippen LogP contribution in [0.5, 0.6) is 0 Å². The number of aryl methyl sites for hydroxylation is 2. The van der Waals surface area contributed by atoms with Gasteiger partial charge in [-0.15, -0.1) is 0 Å². The van der Waals surface area contributed by atoms with E-state index in [1.54, 1.807) is 19.2 Å². The monoisotopic (exact) mass is 322 g/mol. The number of alkyl halides is 3. The van der Waals surface area contributed by atoms with Gasteiger partial charge in [-0.1, -0.05) is 30.3 Å². The Bertz CT molecular complexity index is 676. The van der Waals surface area contributed by atoms with Crippen molar-refractivity contribution in [3.8, 4) is 0 Å². The smallest absolute Gasteiger partial charge is 0.388 e. The number of hydrogen-bond donors (Lipinski definition) is 1. The van der Waals surface area contributed by atoms with Crippen molar-refractivity contribution in [3.05, 3.63) is 65.5 Å². The first-order chi connectivity index (χ1) is 10.7. The van der Waals surface area contributed by atoms with Gasteiger partial charge in [0.25, 0.3) is 0 Å². The van der Waals surface area contributed by atoms with Crippen molar-refractivity contribution in [2.45, 2.75) is 26.9 Å². The van der Waals surface area contributed by atoms with Crippen LogP contribution in [0.15, 0.2) is 43.1 Å². The van der Waals surface area contributed by atoms with Gasteiger partial charge < -0.3 is 5.32 Å². The Morgan fingerprint density at radius 2 is 1.83 bits per heavy atom. The molecule has 0 saturated heterocycles. The maximum Gasteiger partial charge on any atom is 0.416 e. The predicted octanol–water partition coefficient (Wildman–Crippen LogP) is 5.48. The van der Waals surface area contributed by atoms with Crippen LogP contribution >= 0.6 is 0 Å². The van der Waals surface area contributed by atoms with Crippen LogP contribution in [0.2, 0.25) is 0 Å². The predicted molar refractivity (Wildman–Crippen MR) is 89.4 cm³/mol. The minimum absolute atomic E-state index is 0.586. The van der Waals surface area contributed by atoms with Gasteiger partial charge in [0.05, 0.1) is 5.56 Å². The first kappa shape index (κ1) is 18.7. The lowest BCUT2D eigenvalue weighted by molar-refractivity contribution is -0.137. The van der Waals surface area contributed by atoms with Crippen LogP contribution < -0.4 is 5.32 Å². The van der Waals surface area contributed by atoms with Crippen molar-refractivity contribution in [1.29, 1.82) is 0 Å². The van der Waals surface area contributed by atoms with Gasteiger partial charge in [0, 0.05) is 30.2 Å². The van der Waals surface area contributed by atoms with Gasteiger partial charge in [0.15, 0.2) is 0 Å². The molecule has 0 unspecified atom stereocenters. The minimum atomic E-state index is -4.22. The summed E-state index contributed by atoms with van der Waals surface area (Å²) in [6.45, 7) is 9.53. The molecule has 2 nitrogen and oxygen atoms in total. The Balaban J connectivity index is 0.000000231. The highest BCUT2D eigenvalue weighted by molar-refractivity contribution is 5.74. The quantitative estimate of drug-likeness (QED) is 0.792. The second-order valence-electron chi connectivity index (χ2n) is 5.22. The Kier molecular flexibility index (Phi) is 6.37. The summed E-state index contributed by atoms with van der Waals surface area (Å²) >= 11 is 0. The van der Waals surface area contributed by atoms with Crippen molar-refractivity contribution >= 4 is 11.3 Å². The van der Waals surface area contributed by atoms with Crippen LogP contribution in [0, 0.1) is 13.8 Å². The van der Waals surface area contributed by atoms with E-state index in [-0.39, 0.29) is 0 Å². The van der Waals surface area contributed by atoms with Gasteiger partial charge in [0.2, 0.25) is 0 Å². The lowest BCUT2D eigenvalue weighted by atomic mass is 10.1. The van der Waals surface area contributed by atoms with Crippen molar-refractivity contribution in [3.63, 3.8) is 0 Å². The number of nitrogens with zero attached hydrogens (tertiary/aromatic N) is 1. The molecule has 0 amide bonds. The second-order valence-corrected chi connectivity index (χ2v) is 5.22. The molecular formula is C18H21F3N2. The molecular weight excluding hydrogens is 301 g/mol. The van der Waals surface area contributed by atoms with Gasteiger partial charge in [-0.25, -0.2) is 0 Å². The molecule has 1 aromatic heterocycles. The fraction of sp³-hybridized carbons (Fsp3) is 0.278. The van der Waals surface area contributed by atoms with Gasteiger partial charge in [-0.05, 0) is 38.5 Å². The van der Waals surface area contributed by atoms with Crippen LogP contribution in [0.3, 0.4) is 0 Å². The van der Waals surface area contributed by atoms with Gasteiger partial charge in [-0.2, -0.15) is 13.2 Å². The number of nitrogens with one attached hydrogen (secondary N) is 1. The lowest BCUT2D eigenvalue weighted by Crippen LogP contribution is -2.04. The summed E-state index contributed by atoms with van der Waals surface area (Å²) in [5.74, 6) is 0. The zero-order valence-electron chi connectivity index (χ0n) is 13.8. The molecule has 0 radical (unpaired) electrons. The second kappa shape index (κ2) is 7.81. The minimum Gasteiger partial charge on any atom is -0.388 e. The summed E-state index contributed by atoms with van der Waals surface area (Å²) in [7, 11) is 1.90. The fourth-order valence-electron chi connectivity index (χ4n) is 2.13. The molecule has 5 heteroatoms. The number of halogens is 3. The average Bonchev–Trinajstić information content (AvgIpc) is 2.46. The zero-order valence-corrected chi connectivity index (χ0v) is 13.8. The summed E-state index contributed by atoms with van der Waals surface area (Å²) < 4.78 is 35.9. The lowest BCUT2D eigenvalue weighted by Gasteiger charge is -2.10. The number of pyridine rings is 1. The van der Waals surface area contributed by atoms with E-state index in [1.807, 2.05) is 27.0 Å². The van der Waals surface area contributed by atoms with E-state index in [0.717, 1.165) is 34.7 Å². The molecule has 1 heterocycles. The van der Waals surface area contributed by atoms with Crippen molar-refractivity contribution < 1.29 is 13.2 Å². The highest BCUT2D eigenvalue weighted by Crippen LogP contribution is 2.29. The molecule has 0 bridgehead atoms. The van der Waals surface area contributed by atoms with Crippen LogP contribution in [-0.2, 0) is 6.18 Å². The van der Waals surface area contributed by atoms with Crippen LogP contribution in [-0.4, -0.2) is 12.0 Å². The summed E-state index contributed by atoms with van der Waals surface area (Å²) in [4.78, 5) is 4.21. The van der Waals surface area contributed by atoms with E-state index in [0.29, 0.717) is 5.56 Å². The largest absolute Gasteiger partial charge is 0.416 e. The summed E-state index contributed by atoms with van der Waals surface area (Å²) in [5.41, 5.74) is 4.33. The highest BCUT2D eigenvalue weighted by atomic mass is 19.4. The Morgan fingerprint density at radius 1 is 1.17 bits per heavy atom. The van der Waals surface area contributed by atoms with Crippen LogP contribution in [0.25, 0.3) is 5.57 Å². The molecule has 0 atom stereocenters. The maximum absolute atomic E-state index is 12.0. The van der Waals surface area contributed by atoms with Gasteiger partial charge in [-0.3, -0.25) is 4.98 Å². The standard InChI is InChI=1S/C10H14N2.C8H7F3/c1-7(2)10-8(3)12-6-5-9(10)11-4;1-6-3-2-4-7(5-6)8(9,10)11/h5-6H,1H2,2-4H3,(H,11,12);2-5H,1H3. The van der Waals surface area contributed by atoms with Crippen molar-refractivity contribution in [1.82, 2.24) is 4.98 Å². The number of hydrogen-bond acceptors (Lipinski definition) is 2. The molecule has 1 N–H and O–H groups in total. The molecule has 23 heavy (non-hydrogen) atoms. The zero-order chi connectivity index (χ0) is 17.6. The van der Waals surface area contributed by atoms with Crippen molar-refractivity contribution in [2.24, 2.45) is 0 Å². The topological polar surface area (TPSA) is 24.9 Å². The molecule has 2 rings (SSSR count). The molecule has 0 saturated carbocycles. The molecule has 0 aliphatic rings. The molecule has 0 aliphatic carbocycles. The number of aromatic nitrogens is 1. The summed E-state index contributed by atoms with van der Waals surface area (Å²) in [5, 5.41) is 3.12. The third-order valence-electron chi connectivity index (χ3n) is 3.18. The Hall–Kier alpha value is -2.30. The summed E-state index contributed by atoms with van der Waals surface area (Å²) in [6, 6.07) is 7.18. The molecule has 0 fully saturated rings. The van der Waals surface area contributed by atoms with Crippen LogP contribution in [0.1, 0.15) is 29.3 Å². The van der Waals surface area contributed by atoms with E-state index in [4.69, 9.17) is 0 Å². The molecule has 0 aliphatic heterocycles. The van der Waals surface area contributed by atoms with E-state index in [9.17, 15) is 13.2 Å². The van der Waals surface area contributed by atoms with E-state index < -0.39 is 11.7 Å². The Labute approximate surface area is 135 Å². The third-order valence-corrected chi connectivity index (χ3v) is 3.18. The van der Waals surface area contributed by atoms with Crippen molar-refractivity contribution in [2.75, 3.05) is 12.4 Å². The number of benzene rings is 1. The van der Waals surface area contributed by atoms with Gasteiger partial charge in [0.1, 0.15) is 0 Å². The number of anilines is 1. The molecule has 1 aromatic carbocycles. The fourth-order valence-corrected chi connectivity index (χ4v) is 2.13. The normalized spacial score (nSPS) is 10.6. The number of allylic oxidation sites excluding steroid dienone is 1. The highest BCUT2D eigenvalue weighted by Gasteiger charge is 2.29. The van der Waals surface area contributed by atoms with E-state index >= 15 is 0 Å². The van der Waals surface area contributed by atoms with E-state index in [1.165, 1.54) is 6.07 Å². The maximum atomic E-state index is 12.0. The number of rotatable bonds is 2. The first-order valence-electron chi connectivity index (χ1n) is 7.10. The molecule has 0 spiro atoms. The van der Waals surface area contributed by atoms with Crippen LogP contribution in [0.4, 0.5) is 18.9 Å². The first-order valence-corrected chi connectivity index (χ1v) is 7.10. The Morgan fingerprint density at radius 3 is 2.22 bits per heavy atom. The summed E-state index contributed by atoms with van der Waals surface area (Å²) in [6.07, 6.45) is -2.42. The van der Waals surface area contributed by atoms with Gasteiger partial charge >= 0.3 is 6.18 Å². The average molecular weight is 322 g/mol. The molecule has 124 valence electrons. The SMILES string of the molecule is C=C(C)c1c(NC)ccnc1C.Cc1cccc(C(F)(F)F)c1. The molecule has 2 aromatic rings. The third kappa shape index (κ3) is 5.43. The van der Waals surface area contributed by atoms with E-state index in [2.05, 4.69) is 16.9 Å².